The van der Waals surface area contributed by atoms with Crippen molar-refractivity contribution in [2.45, 2.75) is 30.1 Å². The van der Waals surface area contributed by atoms with Gasteiger partial charge in [0.05, 0.1) is 13.2 Å². The van der Waals surface area contributed by atoms with E-state index in [9.17, 15) is 48.3 Å². The SMILES string of the molecule is FC(F)(F)C(F)(F)C1=NC(C(F)(F)F)(C(F)(F)F)N=C(N2CCOCC2)O1. The first kappa shape index (κ1) is 21.4. The quantitative estimate of drug-likeness (QED) is 0.610. The number of rotatable bonds is 1. The van der Waals surface area contributed by atoms with Crippen LogP contribution in [0.25, 0.3) is 0 Å². The van der Waals surface area contributed by atoms with Gasteiger partial charge in [-0.1, -0.05) is 0 Å². The van der Waals surface area contributed by atoms with Crippen LogP contribution >= 0.6 is 0 Å². The molecule has 0 unspecified atom stereocenters. The fourth-order valence-electron chi connectivity index (χ4n) is 2.00. The van der Waals surface area contributed by atoms with Gasteiger partial charge < -0.3 is 14.4 Å². The maximum absolute atomic E-state index is 13.5. The molecule has 0 aliphatic carbocycles. The number of aliphatic imine (C=N–C) groups is 2. The number of halogens is 11. The van der Waals surface area contributed by atoms with Crippen molar-refractivity contribution in [3.63, 3.8) is 0 Å². The van der Waals surface area contributed by atoms with Crippen LogP contribution < -0.4 is 0 Å². The Morgan fingerprint density at radius 2 is 1.26 bits per heavy atom. The normalized spacial score (nSPS) is 22.1. The summed E-state index contributed by atoms with van der Waals surface area (Å²) < 4.78 is 152. The molecule has 0 radical (unpaired) electrons. The van der Waals surface area contributed by atoms with E-state index in [4.69, 9.17) is 4.74 Å². The van der Waals surface area contributed by atoms with Gasteiger partial charge in [0, 0.05) is 13.1 Å². The largest absolute Gasteiger partial charge is 0.463 e. The Bertz CT molecular complexity index is 615. The predicted molar refractivity (Wildman–Crippen MR) is 64.2 cm³/mol. The van der Waals surface area contributed by atoms with E-state index in [0.717, 1.165) is 0 Å². The lowest BCUT2D eigenvalue weighted by Gasteiger charge is -2.38. The number of alkyl halides is 11. The van der Waals surface area contributed by atoms with Crippen LogP contribution in [-0.4, -0.2) is 73.2 Å². The minimum absolute atomic E-state index is 0.268. The summed E-state index contributed by atoms with van der Waals surface area (Å²) in [6.45, 7) is -1.46. The molecule has 156 valence electrons. The Labute approximate surface area is 142 Å². The maximum atomic E-state index is 13.5. The first-order valence-electron chi connectivity index (χ1n) is 6.81. The minimum Gasteiger partial charge on any atom is -0.404 e. The van der Waals surface area contributed by atoms with E-state index in [1.54, 1.807) is 4.99 Å². The number of ether oxygens (including phenoxy) is 2. The predicted octanol–water partition coefficient (Wildman–Crippen LogP) is 3.12. The molecule has 0 aromatic carbocycles. The van der Waals surface area contributed by atoms with Crippen LogP contribution in [0.2, 0.25) is 0 Å². The van der Waals surface area contributed by atoms with E-state index in [2.05, 4.69) is 9.73 Å². The molecule has 2 rings (SSSR count). The Balaban J connectivity index is 2.68. The molecule has 0 saturated carbocycles. The number of amidine groups is 1. The van der Waals surface area contributed by atoms with E-state index >= 15 is 0 Å². The molecule has 27 heavy (non-hydrogen) atoms. The summed E-state index contributed by atoms with van der Waals surface area (Å²) >= 11 is 0. The van der Waals surface area contributed by atoms with Crippen LogP contribution in [0.5, 0.6) is 0 Å². The Hall–Kier alpha value is -1.87. The van der Waals surface area contributed by atoms with Crippen molar-refractivity contribution >= 4 is 11.9 Å². The lowest BCUT2D eigenvalue weighted by Crippen LogP contribution is -2.61. The van der Waals surface area contributed by atoms with Gasteiger partial charge in [-0.15, -0.1) is 0 Å². The molecule has 0 spiro atoms. The number of morpholine rings is 1. The highest BCUT2D eigenvalue weighted by Gasteiger charge is 2.76. The summed E-state index contributed by atoms with van der Waals surface area (Å²) in [6.07, 6.45) is -19.5. The fourth-order valence-corrected chi connectivity index (χ4v) is 2.00. The average molecular weight is 423 g/mol. The maximum Gasteiger partial charge on any atom is 0.463 e. The van der Waals surface area contributed by atoms with Crippen LogP contribution in [0.1, 0.15) is 0 Å². The standard InChI is InChI=1S/C11H8F11N3O2/c12-7(13,9(14,15)16)5-23-8(10(17,18)19,11(20,21)22)24-6(27-5)25-1-3-26-4-2-25/h1-4H2. The first-order valence-corrected chi connectivity index (χ1v) is 6.81. The van der Waals surface area contributed by atoms with Gasteiger partial charge in [0.15, 0.2) is 0 Å². The van der Waals surface area contributed by atoms with Crippen molar-refractivity contribution in [2.24, 2.45) is 9.98 Å². The van der Waals surface area contributed by atoms with Gasteiger partial charge >= 0.3 is 30.1 Å². The first-order chi connectivity index (χ1) is 12.0. The molecule has 0 atom stereocenters. The molecule has 16 heteroatoms. The van der Waals surface area contributed by atoms with Crippen molar-refractivity contribution in [3.8, 4) is 0 Å². The third-order valence-electron chi connectivity index (χ3n) is 3.41. The van der Waals surface area contributed by atoms with Crippen molar-refractivity contribution in [3.05, 3.63) is 0 Å². The number of nitrogens with zero attached hydrogens (tertiary/aromatic N) is 3. The summed E-state index contributed by atoms with van der Waals surface area (Å²) in [5, 5.41) is 0. The molecule has 2 aliphatic rings. The zero-order valence-corrected chi connectivity index (χ0v) is 12.6. The molecule has 5 nitrogen and oxygen atoms in total. The van der Waals surface area contributed by atoms with Crippen LogP contribution in [0.4, 0.5) is 48.3 Å². The second kappa shape index (κ2) is 6.34. The second-order valence-corrected chi connectivity index (χ2v) is 5.25. The molecular weight excluding hydrogens is 415 g/mol. The van der Waals surface area contributed by atoms with E-state index in [0.29, 0.717) is 4.90 Å². The van der Waals surface area contributed by atoms with Crippen molar-refractivity contribution in [1.82, 2.24) is 4.90 Å². The second-order valence-electron chi connectivity index (χ2n) is 5.25. The molecule has 0 aromatic rings. The van der Waals surface area contributed by atoms with E-state index in [-0.39, 0.29) is 13.2 Å². The van der Waals surface area contributed by atoms with Gasteiger partial charge in [-0.25, -0.2) is 4.99 Å². The lowest BCUT2D eigenvalue weighted by molar-refractivity contribution is -0.296. The molecule has 2 aliphatic heterocycles. The lowest BCUT2D eigenvalue weighted by atomic mass is 10.1. The smallest absolute Gasteiger partial charge is 0.404 e. The zero-order chi connectivity index (χ0) is 20.9. The molecule has 0 N–H and O–H groups in total. The van der Waals surface area contributed by atoms with E-state index < -0.39 is 55.1 Å². The topological polar surface area (TPSA) is 46.4 Å². The monoisotopic (exact) mass is 423 g/mol. The molecular formula is C11H8F11N3O2. The number of hydrogen-bond acceptors (Lipinski definition) is 5. The summed E-state index contributed by atoms with van der Waals surface area (Å²) in [5.74, 6) is -9.34. The molecule has 1 saturated heterocycles. The van der Waals surface area contributed by atoms with Crippen molar-refractivity contribution < 1.29 is 57.8 Å². The summed E-state index contributed by atoms with van der Waals surface area (Å²) in [5.41, 5.74) is -5.59. The Kier molecular flexibility index (Phi) is 5.03. The van der Waals surface area contributed by atoms with E-state index in [1.807, 2.05) is 0 Å². The third kappa shape index (κ3) is 3.62. The van der Waals surface area contributed by atoms with Gasteiger partial charge in [0.25, 0.3) is 11.9 Å². The zero-order valence-electron chi connectivity index (χ0n) is 12.6. The van der Waals surface area contributed by atoms with Crippen molar-refractivity contribution in [2.75, 3.05) is 26.3 Å². The highest BCUT2D eigenvalue weighted by molar-refractivity contribution is 5.97. The van der Waals surface area contributed by atoms with E-state index in [1.165, 1.54) is 0 Å². The van der Waals surface area contributed by atoms with Crippen LogP contribution in [0.3, 0.4) is 0 Å². The summed E-state index contributed by atoms with van der Waals surface area (Å²) in [6, 6.07) is -1.72. The van der Waals surface area contributed by atoms with Crippen molar-refractivity contribution in [1.29, 1.82) is 0 Å². The highest BCUT2D eigenvalue weighted by atomic mass is 19.4. The Morgan fingerprint density at radius 1 is 0.778 bits per heavy atom. The van der Waals surface area contributed by atoms with Gasteiger partial charge in [0.1, 0.15) is 0 Å². The van der Waals surface area contributed by atoms with Crippen LogP contribution in [0.15, 0.2) is 9.98 Å². The molecule has 1 fully saturated rings. The van der Waals surface area contributed by atoms with Crippen LogP contribution in [0, 0.1) is 0 Å². The van der Waals surface area contributed by atoms with Gasteiger partial charge in [0.2, 0.25) is 0 Å². The molecule has 2 heterocycles. The fraction of sp³-hybridized carbons (Fsp3) is 0.818. The minimum atomic E-state index is -6.57. The molecule has 0 aromatic heterocycles. The highest BCUT2D eigenvalue weighted by Crippen LogP contribution is 2.50. The van der Waals surface area contributed by atoms with Gasteiger partial charge in [-0.3, -0.25) is 0 Å². The van der Waals surface area contributed by atoms with Crippen LogP contribution in [-0.2, 0) is 9.47 Å². The summed E-state index contributed by atoms with van der Waals surface area (Å²) in [7, 11) is 0. The van der Waals surface area contributed by atoms with Gasteiger partial charge in [-0.2, -0.15) is 53.3 Å². The van der Waals surface area contributed by atoms with Gasteiger partial charge in [-0.05, 0) is 0 Å². The average Bonchev–Trinajstić information content (AvgIpc) is 2.52. The Morgan fingerprint density at radius 3 is 1.67 bits per heavy atom. The third-order valence-corrected chi connectivity index (χ3v) is 3.41. The molecule has 0 amide bonds. The molecule has 0 bridgehead atoms. The summed E-state index contributed by atoms with van der Waals surface area (Å²) in [4.78, 5) is 4.33. The number of hydrogen-bond donors (Lipinski definition) is 0.